The number of alkyl halides is 2. The molecule has 0 amide bonds. The van der Waals surface area contributed by atoms with E-state index in [1.165, 1.54) is 14.0 Å². The first-order chi connectivity index (χ1) is 14.0. The van der Waals surface area contributed by atoms with Crippen LogP contribution in [0.2, 0.25) is 0 Å². The predicted octanol–water partition coefficient (Wildman–Crippen LogP) is 4.99. The number of halogens is 3. The summed E-state index contributed by atoms with van der Waals surface area (Å²) in [6.45, 7) is 9.02. The Hall–Kier alpha value is -1.47. The number of hydrogen-bond acceptors (Lipinski definition) is 4. The normalized spacial score (nSPS) is 30.4. The Bertz CT molecular complexity index is 808. The van der Waals surface area contributed by atoms with Crippen LogP contribution >= 0.6 is 0 Å². The van der Waals surface area contributed by atoms with Gasteiger partial charge in [0, 0.05) is 25.0 Å². The van der Waals surface area contributed by atoms with Crippen LogP contribution < -0.4 is 9.47 Å². The quantitative estimate of drug-likeness (QED) is 0.662. The maximum atomic E-state index is 15.4. The van der Waals surface area contributed by atoms with Gasteiger partial charge in [-0.15, -0.1) is 0 Å². The zero-order valence-corrected chi connectivity index (χ0v) is 18.4. The van der Waals surface area contributed by atoms with E-state index >= 15 is 4.39 Å². The van der Waals surface area contributed by atoms with E-state index in [2.05, 4.69) is 25.7 Å². The molecule has 4 rings (SSSR count). The molecule has 2 fully saturated rings. The molecule has 1 aliphatic carbocycles. The van der Waals surface area contributed by atoms with Crippen LogP contribution in [0.4, 0.5) is 13.2 Å². The fourth-order valence-corrected chi connectivity index (χ4v) is 4.95. The number of hydrogen-bond donors (Lipinski definition) is 0. The van der Waals surface area contributed by atoms with Gasteiger partial charge in [-0.1, -0.05) is 6.92 Å². The Kier molecular flexibility index (Phi) is 5.50. The van der Waals surface area contributed by atoms with Crippen molar-refractivity contribution in [3.63, 3.8) is 0 Å². The van der Waals surface area contributed by atoms with Crippen LogP contribution in [-0.2, 0) is 11.2 Å². The van der Waals surface area contributed by atoms with Crippen molar-refractivity contribution in [3.8, 4) is 11.5 Å². The van der Waals surface area contributed by atoms with E-state index in [4.69, 9.17) is 14.2 Å². The number of fused-ring (bicyclic) bond motifs is 3. The zero-order valence-electron chi connectivity index (χ0n) is 18.4. The predicted molar refractivity (Wildman–Crippen MR) is 108 cm³/mol. The minimum Gasteiger partial charge on any atom is -0.493 e. The summed E-state index contributed by atoms with van der Waals surface area (Å²) in [5, 5.41) is 0. The van der Waals surface area contributed by atoms with Crippen molar-refractivity contribution in [2.24, 2.45) is 11.8 Å². The van der Waals surface area contributed by atoms with Gasteiger partial charge in [-0.25, -0.2) is 13.2 Å². The third-order valence-electron chi connectivity index (χ3n) is 6.72. The second-order valence-corrected chi connectivity index (χ2v) is 9.86. The molecule has 1 aromatic carbocycles. The Balaban J connectivity index is 1.53. The smallest absolute Gasteiger partial charge is 0.257 e. The lowest BCUT2D eigenvalue weighted by molar-refractivity contribution is -0.0972. The Labute approximate surface area is 176 Å². The van der Waals surface area contributed by atoms with Gasteiger partial charge in [-0.05, 0) is 57.2 Å². The molecule has 0 aromatic heterocycles. The van der Waals surface area contributed by atoms with Crippen molar-refractivity contribution in [2.45, 2.75) is 70.6 Å². The summed E-state index contributed by atoms with van der Waals surface area (Å²) in [5.74, 6) is -4.56. The molecule has 0 spiro atoms. The molecule has 2 aliphatic heterocycles. The topological polar surface area (TPSA) is 30.9 Å². The van der Waals surface area contributed by atoms with Crippen LogP contribution in [0.1, 0.15) is 57.7 Å². The second kappa shape index (κ2) is 7.59. The first-order valence-electron chi connectivity index (χ1n) is 10.8. The SMILES string of the molecule is COc1cc2c(c(F)c1OCC1C(C)C1(F)F)CCN1CC(OC(C)(C)C)CCC21. The lowest BCUT2D eigenvalue weighted by Gasteiger charge is -2.45. The summed E-state index contributed by atoms with van der Waals surface area (Å²) < 4.78 is 59.6. The van der Waals surface area contributed by atoms with Gasteiger partial charge in [0.05, 0.1) is 31.3 Å². The third-order valence-corrected chi connectivity index (χ3v) is 6.72. The second-order valence-electron chi connectivity index (χ2n) is 9.86. The number of nitrogens with zero attached hydrogens (tertiary/aromatic N) is 1. The van der Waals surface area contributed by atoms with Crippen LogP contribution in [0.3, 0.4) is 0 Å². The van der Waals surface area contributed by atoms with Crippen LogP contribution in [0, 0.1) is 17.7 Å². The molecule has 1 saturated heterocycles. The maximum Gasteiger partial charge on any atom is 0.257 e. The van der Waals surface area contributed by atoms with Gasteiger partial charge in [0.2, 0.25) is 0 Å². The van der Waals surface area contributed by atoms with E-state index < -0.39 is 23.6 Å². The third kappa shape index (κ3) is 3.91. The summed E-state index contributed by atoms with van der Waals surface area (Å²) in [4.78, 5) is 2.36. The summed E-state index contributed by atoms with van der Waals surface area (Å²) in [7, 11) is 1.46. The van der Waals surface area contributed by atoms with Crippen LogP contribution in [0.15, 0.2) is 6.07 Å². The van der Waals surface area contributed by atoms with Crippen molar-refractivity contribution in [1.82, 2.24) is 4.90 Å². The molecule has 0 bridgehead atoms. The first kappa shape index (κ1) is 21.8. The summed E-state index contributed by atoms with van der Waals surface area (Å²) in [6, 6.07) is 1.95. The van der Waals surface area contributed by atoms with Gasteiger partial charge in [0.1, 0.15) is 0 Å². The fraction of sp³-hybridized carbons (Fsp3) is 0.739. The van der Waals surface area contributed by atoms with E-state index in [0.29, 0.717) is 12.0 Å². The van der Waals surface area contributed by atoms with Crippen LogP contribution in [-0.4, -0.2) is 49.3 Å². The minimum atomic E-state index is -2.73. The molecular weight excluding hydrogens is 395 g/mol. The van der Waals surface area contributed by atoms with Gasteiger partial charge in [-0.3, -0.25) is 4.90 Å². The van der Waals surface area contributed by atoms with E-state index in [0.717, 1.165) is 31.5 Å². The Morgan fingerprint density at radius 3 is 2.53 bits per heavy atom. The average molecular weight is 428 g/mol. The molecule has 3 aliphatic rings. The molecule has 1 saturated carbocycles. The number of benzene rings is 1. The van der Waals surface area contributed by atoms with Crippen LogP contribution in [0.25, 0.3) is 0 Å². The largest absolute Gasteiger partial charge is 0.493 e. The minimum absolute atomic E-state index is 0.0376. The Morgan fingerprint density at radius 2 is 1.93 bits per heavy atom. The fourth-order valence-electron chi connectivity index (χ4n) is 4.95. The highest BCUT2D eigenvalue weighted by Gasteiger charge is 2.65. The summed E-state index contributed by atoms with van der Waals surface area (Å²) in [6.07, 6.45) is 2.51. The van der Waals surface area contributed by atoms with Gasteiger partial charge < -0.3 is 14.2 Å². The molecule has 7 heteroatoms. The summed E-state index contributed by atoms with van der Waals surface area (Å²) >= 11 is 0. The van der Waals surface area contributed by atoms with E-state index in [9.17, 15) is 8.78 Å². The van der Waals surface area contributed by atoms with Crippen molar-refractivity contribution in [2.75, 3.05) is 26.8 Å². The highest BCUT2D eigenvalue weighted by atomic mass is 19.3. The molecule has 1 aromatic rings. The number of piperidine rings is 1. The first-order valence-corrected chi connectivity index (χ1v) is 10.8. The number of ether oxygens (including phenoxy) is 3. The van der Waals surface area contributed by atoms with E-state index in [1.807, 2.05) is 6.07 Å². The molecule has 0 radical (unpaired) electrons. The molecule has 2 heterocycles. The Morgan fingerprint density at radius 1 is 1.23 bits per heavy atom. The maximum absolute atomic E-state index is 15.4. The molecule has 4 atom stereocenters. The van der Waals surface area contributed by atoms with Gasteiger partial charge in [0.15, 0.2) is 17.3 Å². The highest BCUT2D eigenvalue weighted by molar-refractivity contribution is 5.51. The van der Waals surface area contributed by atoms with Crippen molar-refractivity contribution in [1.29, 1.82) is 0 Å². The average Bonchev–Trinajstić information content (AvgIpc) is 3.15. The number of methoxy groups -OCH3 is 1. The van der Waals surface area contributed by atoms with Crippen molar-refractivity contribution in [3.05, 3.63) is 23.0 Å². The monoisotopic (exact) mass is 427 g/mol. The van der Waals surface area contributed by atoms with E-state index in [-0.39, 0.29) is 35.9 Å². The molecule has 30 heavy (non-hydrogen) atoms. The van der Waals surface area contributed by atoms with Gasteiger partial charge in [0.25, 0.3) is 5.92 Å². The van der Waals surface area contributed by atoms with Gasteiger partial charge >= 0.3 is 0 Å². The molecule has 168 valence electrons. The zero-order chi connectivity index (χ0) is 21.8. The van der Waals surface area contributed by atoms with Crippen molar-refractivity contribution >= 4 is 0 Å². The highest BCUT2D eigenvalue weighted by Crippen LogP contribution is 2.55. The molecular formula is C23H32F3NO3. The van der Waals surface area contributed by atoms with Gasteiger partial charge in [-0.2, -0.15) is 0 Å². The molecule has 0 N–H and O–H groups in total. The molecule has 4 nitrogen and oxygen atoms in total. The van der Waals surface area contributed by atoms with E-state index in [1.54, 1.807) is 0 Å². The van der Waals surface area contributed by atoms with Crippen molar-refractivity contribution < 1.29 is 27.4 Å². The lowest BCUT2D eigenvalue weighted by atomic mass is 9.85. The molecule has 4 unspecified atom stereocenters. The number of rotatable bonds is 5. The summed E-state index contributed by atoms with van der Waals surface area (Å²) in [5.41, 5.74) is 1.35. The van der Waals surface area contributed by atoms with Crippen LogP contribution in [0.5, 0.6) is 11.5 Å². The standard InChI is InChI=1S/C23H32F3NO3/c1-13-17(23(13,25)26)12-29-21-19(28-5)10-16-15(20(21)24)8-9-27-11-14(6-7-18(16)27)30-22(2,3)4/h10,13-14,17-18H,6-9,11-12H2,1-5H3. The lowest BCUT2D eigenvalue weighted by Crippen LogP contribution is -2.47.